The lowest BCUT2D eigenvalue weighted by Crippen LogP contribution is -2.42. The Kier molecular flexibility index (Phi) is 7.85. The monoisotopic (exact) mass is 675 g/mol. The van der Waals surface area contributed by atoms with Crippen LogP contribution in [-0.4, -0.2) is 59.5 Å². The molecule has 47 heavy (non-hydrogen) atoms. The van der Waals surface area contributed by atoms with Crippen LogP contribution < -0.4 is 15.8 Å². The van der Waals surface area contributed by atoms with Crippen molar-refractivity contribution in [3.63, 3.8) is 0 Å². The highest BCUT2D eigenvalue weighted by atomic mass is 35.5. The molecule has 3 aliphatic rings. The number of morpholine rings is 1. The maximum atomic E-state index is 15.0. The minimum Gasteiger partial charge on any atom is -0.461 e. The van der Waals surface area contributed by atoms with E-state index >= 15 is 4.39 Å². The van der Waals surface area contributed by atoms with Gasteiger partial charge in [-0.2, -0.15) is 15.2 Å². The summed E-state index contributed by atoms with van der Waals surface area (Å²) in [5, 5.41) is 19.5. The highest BCUT2D eigenvalue weighted by Crippen LogP contribution is 2.49. The third-order valence-electron chi connectivity index (χ3n) is 9.17. The lowest BCUT2D eigenvalue weighted by atomic mass is 9.91. The van der Waals surface area contributed by atoms with Crippen LogP contribution in [0.5, 0.6) is 6.01 Å². The van der Waals surface area contributed by atoms with Crippen molar-refractivity contribution in [1.82, 2.24) is 20.0 Å². The number of fused-ring (bicyclic) bond motifs is 5. The van der Waals surface area contributed by atoms with E-state index in [0.717, 1.165) is 78.3 Å². The van der Waals surface area contributed by atoms with Gasteiger partial charge in [-0.25, -0.2) is 4.39 Å². The number of likely N-dealkylation sites (N-methyl/N-ethyl adjacent to an activating group) is 1. The van der Waals surface area contributed by atoms with Gasteiger partial charge in [-0.15, -0.1) is 11.3 Å². The van der Waals surface area contributed by atoms with Gasteiger partial charge in [0, 0.05) is 36.0 Å². The van der Waals surface area contributed by atoms with Gasteiger partial charge in [0.05, 0.1) is 52.6 Å². The number of rotatable bonds is 7. The number of nitrogens with zero attached hydrogens (tertiary/aromatic N) is 5. The molecule has 5 heterocycles. The molecule has 1 aliphatic carbocycles. The molecule has 1 atom stereocenters. The molecule has 0 spiro atoms. The number of thiophene rings is 1. The predicted molar refractivity (Wildman–Crippen MR) is 176 cm³/mol. The van der Waals surface area contributed by atoms with Gasteiger partial charge in [0.15, 0.2) is 0 Å². The maximum Gasteiger partial charge on any atom is 0.319 e. The topological polar surface area (TPSA) is 145 Å². The highest BCUT2D eigenvalue weighted by Gasteiger charge is 2.31. The molecule has 3 N–H and O–H groups in total. The molecule has 11 nitrogen and oxygen atoms in total. The first-order valence-electron chi connectivity index (χ1n) is 15.6. The second kappa shape index (κ2) is 12.2. The van der Waals surface area contributed by atoms with E-state index in [1.54, 1.807) is 6.07 Å². The molecule has 0 radical (unpaired) electrons. The molecule has 0 bridgehead atoms. The van der Waals surface area contributed by atoms with E-state index in [-0.39, 0.29) is 42.5 Å². The Morgan fingerprint density at radius 2 is 2.04 bits per heavy atom. The zero-order valence-corrected chi connectivity index (χ0v) is 27.2. The van der Waals surface area contributed by atoms with E-state index < -0.39 is 5.82 Å². The van der Waals surface area contributed by atoms with E-state index in [1.807, 2.05) is 7.05 Å². The van der Waals surface area contributed by atoms with Crippen LogP contribution in [0.2, 0.25) is 5.02 Å². The quantitative estimate of drug-likeness (QED) is 0.210. The van der Waals surface area contributed by atoms with Gasteiger partial charge in [0.25, 0.3) is 0 Å². The Balaban J connectivity index is 1.28. The van der Waals surface area contributed by atoms with Gasteiger partial charge >= 0.3 is 6.01 Å². The third-order valence-corrected chi connectivity index (χ3v) is 10.6. The number of nitrogens with one attached hydrogen (secondary N) is 1. The molecule has 1 saturated heterocycles. The van der Waals surface area contributed by atoms with Crippen molar-refractivity contribution in [2.45, 2.75) is 51.5 Å². The van der Waals surface area contributed by atoms with Crippen molar-refractivity contribution in [2.24, 2.45) is 0 Å². The largest absolute Gasteiger partial charge is 0.461 e. The second-order valence-electron chi connectivity index (χ2n) is 12.1. The summed E-state index contributed by atoms with van der Waals surface area (Å²) in [5.41, 5.74) is 11.7. The van der Waals surface area contributed by atoms with E-state index in [9.17, 15) is 5.26 Å². The van der Waals surface area contributed by atoms with Crippen LogP contribution in [0.3, 0.4) is 0 Å². The number of nitrogen functional groups attached to an aromatic ring is 1. The molecule has 0 amide bonds. The lowest BCUT2D eigenvalue weighted by Gasteiger charge is -2.29. The Morgan fingerprint density at radius 3 is 2.89 bits per heavy atom. The van der Waals surface area contributed by atoms with Crippen LogP contribution in [-0.2, 0) is 42.1 Å². The van der Waals surface area contributed by atoms with Crippen LogP contribution in [0.15, 0.2) is 16.7 Å². The van der Waals surface area contributed by atoms with Gasteiger partial charge < -0.3 is 34.7 Å². The number of halogens is 2. The lowest BCUT2D eigenvalue weighted by molar-refractivity contribution is -0.0416. The van der Waals surface area contributed by atoms with E-state index in [4.69, 9.17) is 46.0 Å². The van der Waals surface area contributed by atoms with Crippen molar-refractivity contribution in [3.05, 3.63) is 56.7 Å². The summed E-state index contributed by atoms with van der Waals surface area (Å²) in [6, 6.07) is 5.30. The first-order valence-corrected chi connectivity index (χ1v) is 16.8. The molecular formula is C33H31ClFN7O4S. The van der Waals surface area contributed by atoms with Crippen molar-refractivity contribution in [3.8, 4) is 23.2 Å². The SMILES string of the molecule is CN1CCO[C@@H](COc2nc(NCc3noc4c3CCCC4)c3c4c(c(-c5ccc(F)c6sc(N)c(C#N)c56)c(Cl)c3n2)COC4)C1. The Labute approximate surface area is 278 Å². The fourth-order valence-electron chi connectivity index (χ4n) is 6.88. The summed E-state index contributed by atoms with van der Waals surface area (Å²) < 4.78 is 39.1. The second-order valence-corrected chi connectivity index (χ2v) is 13.6. The fourth-order valence-corrected chi connectivity index (χ4v) is 8.19. The van der Waals surface area contributed by atoms with Crippen LogP contribution in [0, 0.1) is 17.1 Å². The van der Waals surface area contributed by atoms with Crippen molar-refractivity contribution in [1.29, 1.82) is 5.26 Å². The van der Waals surface area contributed by atoms with E-state index in [2.05, 4.69) is 21.4 Å². The zero-order valence-electron chi connectivity index (χ0n) is 25.6. The summed E-state index contributed by atoms with van der Waals surface area (Å²) in [7, 11) is 2.04. The molecule has 5 aromatic rings. The molecule has 14 heteroatoms. The minimum atomic E-state index is -0.457. The van der Waals surface area contributed by atoms with Gasteiger partial charge in [0.1, 0.15) is 46.9 Å². The minimum absolute atomic E-state index is 0.132. The van der Waals surface area contributed by atoms with Crippen molar-refractivity contribution in [2.75, 3.05) is 44.4 Å². The summed E-state index contributed by atoms with van der Waals surface area (Å²) in [6.07, 6.45) is 3.85. The van der Waals surface area contributed by atoms with Gasteiger partial charge in [-0.3, -0.25) is 0 Å². The average molecular weight is 676 g/mol. The third kappa shape index (κ3) is 5.25. The standard InChI is InChI=1S/C33H31ClFN7O4S/c1-42-8-9-44-16(12-42)13-45-33-39-29-27(32(40-33)38-11-23-17-4-2-3-5-24(17)46-41-23)21-15-43-14-20(21)25(28(29)34)18-6-7-22(35)30-26(18)19(10-36)31(37)47-30/h6-7,16H,2-5,8-9,11-15,37H2,1H3,(H,38,39,40)/t16-/m1/s1. The fraction of sp³-hybridized carbons (Fsp3) is 0.394. The molecule has 8 rings (SSSR count). The number of hydrogen-bond donors (Lipinski definition) is 2. The number of aromatic nitrogens is 3. The van der Waals surface area contributed by atoms with Crippen LogP contribution in [0.4, 0.5) is 15.2 Å². The average Bonchev–Trinajstić information content (AvgIpc) is 3.81. The summed E-state index contributed by atoms with van der Waals surface area (Å²) in [5.74, 6) is 1.01. The molecule has 242 valence electrons. The smallest absolute Gasteiger partial charge is 0.319 e. The predicted octanol–water partition coefficient (Wildman–Crippen LogP) is 5.98. The van der Waals surface area contributed by atoms with Gasteiger partial charge in [-0.05, 0) is 49.1 Å². The van der Waals surface area contributed by atoms with E-state index in [1.165, 1.54) is 6.07 Å². The number of anilines is 2. The van der Waals surface area contributed by atoms with Crippen LogP contribution >= 0.6 is 22.9 Å². The molecule has 3 aromatic heterocycles. The molecule has 1 fully saturated rings. The Morgan fingerprint density at radius 1 is 1.19 bits per heavy atom. The zero-order chi connectivity index (χ0) is 32.2. The number of nitriles is 1. The molecule has 2 aromatic carbocycles. The molecular weight excluding hydrogens is 645 g/mol. The van der Waals surface area contributed by atoms with Gasteiger partial charge in [-0.1, -0.05) is 22.8 Å². The summed E-state index contributed by atoms with van der Waals surface area (Å²) >= 11 is 8.36. The molecule has 2 aliphatic heterocycles. The van der Waals surface area contributed by atoms with Crippen LogP contribution in [0.25, 0.3) is 32.1 Å². The van der Waals surface area contributed by atoms with Crippen molar-refractivity contribution < 1.29 is 23.1 Å². The summed E-state index contributed by atoms with van der Waals surface area (Å²) in [6.45, 7) is 3.38. The molecule has 0 saturated carbocycles. The number of aryl methyl sites for hydroxylation is 1. The Bertz CT molecular complexity index is 2090. The number of ether oxygens (including phenoxy) is 3. The molecule has 0 unspecified atom stereocenters. The maximum absolute atomic E-state index is 15.0. The van der Waals surface area contributed by atoms with Gasteiger partial charge in [0.2, 0.25) is 0 Å². The highest BCUT2D eigenvalue weighted by molar-refractivity contribution is 7.23. The first kappa shape index (κ1) is 30.3. The number of hydrogen-bond acceptors (Lipinski definition) is 12. The number of nitrogens with two attached hydrogens (primary N) is 1. The van der Waals surface area contributed by atoms with Crippen molar-refractivity contribution >= 4 is 54.7 Å². The normalized spacial score (nSPS) is 18.0. The number of benzene rings is 2. The summed E-state index contributed by atoms with van der Waals surface area (Å²) in [4.78, 5) is 11.9. The Hall–Kier alpha value is -4.06. The van der Waals surface area contributed by atoms with E-state index in [0.29, 0.717) is 56.1 Å². The van der Waals surface area contributed by atoms with Crippen LogP contribution in [0.1, 0.15) is 46.5 Å². The first-order chi connectivity index (χ1) is 22.9.